The molecule has 0 aliphatic carbocycles. The van der Waals surface area contributed by atoms with E-state index in [-0.39, 0.29) is 5.41 Å². The van der Waals surface area contributed by atoms with Crippen LogP contribution in [0.3, 0.4) is 0 Å². The molecule has 3 heteroatoms. The van der Waals surface area contributed by atoms with Gasteiger partial charge in [-0.25, -0.2) is 4.98 Å². The third-order valence-corrected chi connectivity index (χ3v) is 3.65. The number of nitrogens with zero attached hydrogens (tertiary/aromatic N) is 2. The summed E-state index contributed by atoms with van der Waals surface area (Å²) in [6, 6.07) is 2.21. The van der Waals surface area contributed by atoms with Gasteiger partial charge < -0.3 is 0 Å². The minimum absolute atomic E-state index is 0.0853. The summed E-state index contributed by atoms with van der Waals surface area (Å²) >= 11 is 1.69. The molecule has 1 heterocycles. The molecule has 0 amide bonds. The van der Waals surface area contributed by atoms with Gasteiger partial charge >= 0.3 is 0 Å². The standard InChI is InChI=1S/C12H18N2S/c1-8(2)10-9(6-7-13)15-11(14-10)12(3,4)5/h8H,6H2,1-5H3. The van der Waals surface area contributed by atoms with Crippen molar-refractivity contribution < 1.29 is 0 Å². The molecule has 2 nitrogen and oxygen atoms in total. The van der Waals surface area contributed by atoms with Gasteiger partial charge in [0.05, 0.1) is 23.2 Å². The van der Waals surface area contributed by atoms with Crippen molar-refractivity contribution in [3.05, 3.63) is 15.6 Å². The van der Waals surface area contributed by atoms with Crippen LogP contribution in [0.5, 0.6) is 0 Å². The van der Waals surface area contributed by atoms with Crippen LogP contribution in [0.1, 0.15) is 56.1 Å². The molecule has 0 bridgehead atoms. The Balaban J connectivity index is 3.16. The summed E-state index contributed by atoms with van der Waals surface area (Å²) in [5.74, 6) is 0.403. The SMILES string of the molecule is CC(C)c1nc(C(C)(C)C)sc1CC#N. The Kier molecular flexibility index (Phi) is 3.51. The highest BCUT2D eigenvalue weighted by molar-refractivity contribution is 7.12. The normalized spacial score (nSPS) is 11.8. The van der Waals surface area contributed by atoms with Crippen molar-refractivity contribution in [2.24, 2.45) is 0 Å². The van der Waals surface area contributed by atoms with Gasteiger partial charge in [-0.2, -0.15) is 5.26 Å². The van der Waals surface area contributed by atoms with E-state index in [0.717, 1.165) is 15.6 Å². The van der Waals surface area contributed by atoms with Gasteiger partial charge in [0.25, 0.3) is 0 Å². The largest absolute Gasteiger partial charge is 0.245 e. The van der Waals surface area contributed by atoms with Crippen LogP contribution in [-0.4, -0.2) is 4.98 Å². The van der Waals surface area contributed by atoms with Crippen LogP contribution in [-0.2, 0) is 11.8 Å². The van der Waals surface area contributed by atoms with Crippen LogP contribution in [0, 0.1) is 11.3 Å². The zero-order chi connectivity index (χ0) is 11.6. The fraction of sp³-hybridized carbons (Fsp3) is 0.667. The third-order valence-electron chi connectivity index (χ3n) is 2.16. The van der Waals surface area contributed by atoms with Crippen molar-refractivity contribution in [2.75, 3.05) is 0 Å². The van der Waals surface area contributed by atoms with Crippen molar-refractivity contribution in [3.8, 4) is 6.07 Å². The molecule has 0 radical (unpaired) electrons. The van der Waals surface area contributed by atoms with E-state index in [0.29, 0.717) is 12.3 Å². The monoisotopic (exact) mass is 222 g/mol. The summed E-state index contributed by atoms with van der Waals surface area (Å²) in [5.41, 5.74) is 1.19. The van der Waals surface area contributed by atoms with Gasteiger partial charge in [-0.05, 0) is 5.92 Å². The second kappa shape index (κ2) is 4.32. The molecular formula is C12H18N2S. The first kappa shape index (κ1) is 12.2. The van der Waals surface area contributed by atoms with Crippen molar-refractivity contribution in [3.63, 3.8) is 0 Å². The highest BCUT2D eigenvalue weighted by Gasteiger charge is 2.22. The predicted octanol–water partition coefficient (Wildman–Crippen LogP) is 3.63. The van der Waals surface area contributed by atoms with Crippen LogP contribution in [0.2, 0.25) is 0 Å². The summed E-state index contributed by atoms with van der Waals surface area (Å²) < 4.78 is 0. The van der Waals surface area contributed by atoms with Crippen LogP contribution < -0.4 is 0 Å². The van der Waals surface area contributed by atoms with E-state index < -0.39 is 0 Å². The van der Waals surface area contributed by atoms with Gasteiger partial charge in [0.1, 0.15) is 0 Å². The predicted molar refractivity (Wildman–Crippen MR) is 64.2 cm³/mol. The van der Waals surface area contributed by atoms with Crippen LogP contribution in [0.15, 0.2) is 0 Å². The third kappa shape index (κ3) is 2.79. The smallest absolute Gasteiger partial charge is 0.0985 e. The van der Waals surface area contributed by atoms with Gasteiger partial charge in [0, 0.05) is 10.3 Å². The number of rotatable bonds is 2. The van der Waals surface area contributed by atoms with Crippen molar-refractivity contribution >= 4 is 11.3 Å². The van der Waals surface area contributed by atoms with E-state index >= 15 is 0 Å². The van der Waals surface area contributed by atoms with Gasteiger partial charge in [-0.1, -0.05) is 34.6 Å². The maximum atomic E-state index is 8.77. The summed E-state index contributed by atoms with van der Waals surface area (Å²) in [7, 11) is 0. The van der Waals surface area contributed by atoms with Gasteiger partial charge in [-0.3, -0.25) is 0 Å². The summed E-state index contributed by atoms with van der Waals surface area (Å²) in [6.45, 7) is 10.7. The Morgan fingerprint density at radius 1 is 1.40 bits per heavy atom. The molecule has 0 saturated heterocycles. The fourth-order valence-electron chi connectivity index (χ4n) is 1.33. The molecule has 0 atom stereocenters. The number of aromatic nitrogens is 1. The topological polar surface area (TPSA) is 36.7 Å². The van der Waals surface area contributed by atoms with E-state index in [4.69, 9.17) is 5.26 Å². The van der Waals surface area contributed by atoms with E-state index in [2.05, 4.69) is 45.7 Å². The van der Waals surface area contributed by atoms with Gasteiger partial charge in [0.15, 0.2) is 0 Å². The molecule has 0 spiro atoms. The lowest BCUT2D eigenvalue weighted by atomic mass is 9.98. The fourth-order valence-corrected chi connectivity index (χ4v) is 2.54. The van der Waals surface area contributed by atoms with Crippen molar-refractivity contribution in [1.82, 2.24) is 4.98 Å². The highest BCUT2D eigenvalue weighted by atomic mass is 32.1. The number of thiazole rings is 1. The van der Waals surface area contributed by atoms with Crippen LogP contribution >= 0.6 is 11.3 Å². The molecular weight excluding hydrogens is 204 g/mol. The Morgan fingerprint density at radius 2 is 2.00 bits per heavy atom. The lowest BCUT2D eigenvalue weighted by Gasteiger charge is -2.13. The maximum Gasteiger partial charge on any atom is 0.0985 e. The zero-order valence-electron chi connectivity index (χ0n) is 10.1. The van der Waals surface area contributed by atoms with E-state index in [1.807, 2.05) is 0 Å². The first-order valence-electron chi connectivity index (χ1n) is 5.23. The Morgan fingerprint density at radius 3 is 2.40 bits per heavy atom. The Hall–Kier alpha value is -0.880. The highest BCUT2D eigenvalue weighted by Crippen LogP contribution is 2.32. The first-order chi connectivity index (χ1) is 6.86. The summed E-state index contributed by atoms with van der Waals surface area (Å²) in [5, 5.41) is 9.90. The molecule has 1 rings (SSSR count). The Labute approximate surface area is 96.0 Å². The average molecular weight is 222 g/mol. The minimum atomic E-state index is 0.0853. The van der Waals surface area contributed by atoms with Crippen LogP contribution in [0.4, 0.5) is 0 Å². The molecule has 0 saturated carbocycles. The molecule has 1 aromatic rings. The summed E-state index contributed by atoms with van der Waals surface area (Å²) in [4.78, 5) is 5.80. The number of nitriles is 1. The second-order valence-electron chi connectivity index (χ2n) is 5.07. The quantitative estimate of drug-likeness (QED) is 0.766. The lowest BCUT2D eigenvalue weighted by molar-refractivity contribution is 0.581. The molecule has 0 aliphatic heterocycles. The zero-order valence-corrected chi connectivity index (χ0v) is 10.9. The van der Waals surface area contributed by atoms with Crippen molar-refractivity contribution in [1.29, 1.82) is 5.26 Å². The maximum absolute atomic E-state index is 8.77. The summed E-state index contributed by atoms with van der Waals surface area (Å²) in [6.07, 6.45) is 0.487. The van der Waals surface area contributed by atoms with E-state index in [1.54, 1.807) is 11.3 Å². The van der Waals surface area contributed by atoms with Gasteiger partial charge in [0.2, 0.25) is 0 Å². The van der Waals surface area contributed by atoms with E-state index in [1.165, 1.54) is 0 Å². The van der Waals surface area contributed by atoms with Gasteiger partial charge in [-0.15, -0.1) is 11.3 Å². The average Bonchev–Trinajstić information content (AvgIpc) is 2.48. The van der Waals surface area contributed by atoms with Crippen LogP contribution in [0.25, 0.3) is 0 Å². The molecule has 0 fully saturated rings. The van der Waals surface area contributed by atoms with E-state index in [9.17, 15) is 0 Å². The Bertz CT molecular complexity index is 377. The molecule has 0 aliphatic rings. The molecule has 0 unspecified atom stereocenters. The number of hydrogen-bond acceptors (Lipinski definition) is 3. The van der Waals surface area contributed by atoms with Crippen molar-refractivity contribution in [2.45, 2.75) is 52.4 Å². The molecule has 82 valence electrons. The first-order valence-corrected chi connectivity index (χ1v) is 6.05. The molecule has 0 aromatic carbocycles. The molecule has 1 aromatic heterocycles. The molecule has 0 N–H and O–H groups in total. The second-order valence-corrected chi connectivity index (χ2v) is 6.15. The minimum Gasteiger partial charge on any atom is -0.245 e. The lowest BCUT2D eigenvalue weighted by Crippen LogP contribution is -2.10. The molecule has 15 heavy (non-hydrogen) atoms. The number of hydrogen-bond donors (Lipinski definition) is 0.